The second-order valence-corrected chi connectivity index (χ2v) is 5.35. The summed E-state index contributed by atoms with van der Waals surface area (Å²) in [6.45, 7) is 0.685. The van der Waals surface area contributed by atoms with Crippen molar-refractivity contribution in [3.05, 3.63) is 54.1 Å². The summed E-state index contributed by atoms with van der Waals surface area (Å²) in [5, 5.41) is 2.89. The minimum Gasteiger partial charge on any atom is -0.497 e. The van der Waals surface area contributed by atoms with Crippen molar-refractivity contribution in [1.82, 2.24) is 0 Å². The highest BCUT2D eigenvalue weighted by Crippen LogP contribution is 2.29. The molecule has 1 saturated heterocycles. The molecule has 0 atom stereocenters. The van der Waals surface area contributed by atoms with Gasteiger partial charge in [-0.2, -0.15) is 0 Å². The van der Waals surface area contributed by atoms with Crippen LogP contribution in [0.2, 0.25) is 0 Å². The van der Waals surface area contributed by atoms with Crippen LogP contribution >= 0.6 is 0 Å². The van der Waals surface area contributed by atoms with Crippen molar-refractivity contribution >= 4 is 23.2 Å². The molecule has 1 fully saturated rings. The average molecular weight is 310 g/mol. The Morgan fingerprint density at radius 1 is 1.17 bits per heavy atom. The van der Waals surface area contributed by atoms with Gasteiger partial charge in [-0.05, 0) is 36.8 Å². The molecule has 1 N–H and O–H groups in total. The molecule has 2 aromatic carbocycles. The van der Waals surface area contributed by atoms with Gasteiger partial charge in [0.05, 0.1) is 18.5 Å². The summed E-state index contributed by atoms with van der Waals surface area (Å²) in [6.07, 6.45) is 1.40. The fraction of sp³-hybridized carbons (Fsp3) is 0.222. The van der Waals surface area contributed by atoms with Crippen molar-refractivity contribution in [2.45, 2.75) is 12.8 Å². The lowest BCUT2D eigenvalue weighted by Crippen LogP contribution is -2.25. The van der Waals surface area contributed by atoms with Crippen molar-refractivity contribution in [2.75, 3.05) is 23.9 Å². The molecule has 0 aliphatic carbocycles. The summed E-state index contributed by atoms with van der Waals surface area (Å²) in [5.41, 5.74) is 1.88. The van der Waals surface area contributed by atoms with Crippen molar-refractivity contribution in [2.24, 2.45) is 0 Å². The number of rotatable bonds is 4. The second-order valence-electron chi connectivity index (χ2n) is 5.35. The van der Waals surface area contributed by atoms with E-state index in [9.17, 15) is 9.59 Å². The third-order valence-corrected chi connectivity index (χ3v) is 3.85. The van der Waals surface area contributed by atoms with Gasteiger partial charge in [0.25, 0.3) is 5.91 Å². The van der Waals surface area contributed by atoms with Crippen LogP contribution in [0.15, 0.2) is 48.5 Å². The Morgan fingerprint density at radius 3 is 2.74 bits per heavy atom. The zero-order chi connectivity index (χ0) is 16.2. The topological polar surface area (TPSA) is 58.6 Å². The van der Waals surface area contributed by atoms with E-state index in [0.717, 1.165) is 12.1 Å². The summed E-state index contributed by atoms with van der Waals surface area (Å²) in [5.74, 6) is 0.483. The number of nitrogens with zero attached hydrogens (tertiary/aromatic N) is 1. The maximum absolute atomic E-state index is 12.5. The minimum atomic E-state index is -0.233. The van der Waals surface area contributed by atoms with Crippen molar-refractivity contribution in [3.63, 3.8) is 0 Å². The number of nitrogens with one attached hydrogen (secondary N) is 1. The number of amides is 2. The van der Waals surface area contributed by atoms with E-state index in [1.807, 2.05) is 18.2 Å². The predicted molar refractivity (Wildman–Crippen MR) is 89.0 cm³/mol. The van der Waals surface area contributed by atoms with Gasteiger partial charge in [-0.1, -0.05) is 18.2 Å². The molecule has 1 aliphatic heterocycles. The normalized spacial score (nSPS) is 14.0. The lowest BCUT2D eigenvalue weighted by atomic mass is 10.2. The van der Waals surface area contributed by atoms with Crippen molar-refractivity contribution < 1.29 is 14.3 Å². The number of anilines is 2. The van der Waals surface area contributed by atoms with Gasteiger partial charge in [-0.15, -0.1) is 0 Å². The molecule has 0 bridgehead atoms. The third-order valence-electron chi connectivity index (χ3n) is 3.85. The quantitative estimate of drug-likeness (QED) is 0.944. The Labute approximate surface area is 134 Å². The summed E-state index contributed by atoms with van der Waals surface area (Å²) in [4.78, 5) is 26.1. The largest absolute Gasteiger partial charge is 0.497 e. The Balaban J connectivity index is 1.85. The molecular formula is C18H18N2O3. The summed E-state index contributed by atoms with van der Waals surface area (Å²) in [7, 11) is 1.56. The maximum Gasteiger partial charge on any atom is 0.255 e. The van der Waals surface area contributed by atoms with E-state index in [4.69, 9.17) is 4.74 Å². The molecule has 2 aromatic rings. The molecule has 5 heteroatoms. The number of hydrogen-bond donors (Lipinski definition) is 1. The highest BCUT2D eigenvalue weighted by Gasteiger charge is 2.24. The molecule has 3 rings (SSSR count). The number of methoxy groups -OCH3 is 1. The number of carbonyl (C=O) groups is 2. The van der Waals surface area contributed by atoms with Gasteiger partial charge in [0, 0.05) is 18.5 Å². The number of para-hydroxylation sites is 2. The minimum absolute atomic E-state index is 0.0908. The van der Waals surface area contributed by atoms with Crippen LogP contribution in [0.1, 0.15) is 23.2 Å². The first-order valence-corrected chi connectivity index (χ1v) is 7.54. The van der Waals surface area contributed by atoms with E-state index in [2.05, 4.69) is 5.32 Å². The summed E-state index contributed by atoms with van der Waals surface area (Å²) < 4.78 is 5.14. The van der Waals surface area contributed by atoms with E-state index in [-0.39, 0.29) is 11.8 Å². The van der Waals surface area contributed by atoms with Crippen LogP contribution in [-0.4, -0.2) is 25.5 Å². The van der Waals surface area contributed by atoms with Gasteiger partial charge >= 0.3 is 0 Å². The molecule has 23 heavy (non-hydrogen) atoms. The highest BCUT2D eigenvalue weighted by molar-refractivity contribution is 6.08. The van der Waals surface area contributed by atoms with E-state index in [1.54, 1.807) is 42.3 Å². The first-order chi connectivity index (χ1) is 11.2. The van der Waals surface area contributed by atoms with Crippen LogP contribution in [0.5, 0.6) is 5.75 Å². The molecule has 0 radical (unpaired) electrons. The lowest BCUT2D eigenvalue weighted by molar-refractivity contribution is -0.117. The van der Waals surface area contributed by atoms with E-state index < -0.39 is 0 Å². The molecule has 118 valence electrons. The maximum atomic E-state index is 12.5. The number of benzene rings is 2. The molecule has 2 amide bonds. The number of ether oxygens (including phenoxy) is 1. The fourth-order valence-electron chi connectivity index (χ4n) is 2.68. The van der Waals surface area contributed by atoms with Crippen molar-refractivity contribution in [1.29, 1.82) is 0 Å². The molecule has 0 unspecified atom stereocenters. The van der Waals surface area contributed by atoms with Crippen LogP contribution in [0.3, 0.4) is 0 Å². The van der Waals surface area contributed by atoms with E-state index in [1.165, 1.54) is 0 Å². The standard InChI is InChI=1S/C18H18N2O3/c1-23-14-7-4-6-13(12-14)18(22)19-15-8-2-3-9-16(15)20-11-5-10-17(20)21/h2-4,6-9,12H,5,10-11H2,1H3,(H,19,22). The van der Waals surface area contributed by atoms with Gasteiger partial charge in [0.1, 0.15) is 5.75 Å². The molecule has 0 saturated carbocycles. The van der Waals surface area contributed by atoms with Gasteiger partial charge in [-0.3, -0.25) is 9.59 Å². The molecule has 0 aromatic heterocycles. The molecule has 0 spiro atoms. The van der Waals surface area contributed by atoms with Gasteiger partial charge in [0.2, 0.25) is 5.91 Å². The van der Waals surface area contributed by atoms with Crippen LogP contribution in [0.4, 0.5) is 11.4 Å². The van der Waals surface area contributed by atoms with Crippen LogP contribution < -0.4 is 15.0 Å². The van der Waals surface area contributed by atoms with E-state index in [0.29, 0.717) is 30.0 Å². The van der Waals surface area contributed by atoms with Gasteiger partial charge in [0.15, 0.2) is 0 Å². The molecule has 1 aliphatic rings. The number of carbonyl (C=O) groups excluding carboxylic acids is 2. The Morgan fingerprint density at radius 2 is 2.00 bits per heavy atom. The monoisotopic (exact) mass is 310 g/mol. The smallest absolute Gasteiger partial charge is 0.255 e. The van der Waals surface area contributed by atoms with Gasteiger partial charge in [-0.25, -0.2) is 0 Å². The molecule has 1 heterocycles. The molecular weight excluding hydrogens is 292 g/mol. The van der Waals surface area contributed by atoms with Crippen LogP contribution in [0.25, 0.3) is 0 Å². The molecule has 5 nitrogen and oxygen atoms in total. The predicted octanol–water partition coefficient (Wildman–Crippen LogP) is 3.07. The SMILES string of the molecule is COc1cccc(C(=O)Nc2ccccc2N2CCCC2=O)c1. The lowest BCUT2D eigenvalue weighted by Gasteiger charge is -2.20. The first kappa shape index (κ1) is 15.1. The zero-order valence-electron chi connectivity index (χ0n) is 12.9. The Bertz CT molecular complexity index is 743. The van der Waals surface area contributed by atoms with Crippen molar-refractivity contribution in [3.8, 4) is 5.75 Å². The Hall–Kier alpha value is -2.82. The van der Waals surface area contributed by atoms with Gasteiger partial charge < -0.3 is 15.0 Å². The number of hydrogen-bond acceptors (Lipinski definition) is 3. The zero-order valence-corrected chi connectivity index (χ0v) is 12.9. The summed E-state index contributed by atoms with van der Waals surface area (Å²) >= 11 is 0. The average Bonchev–Trinajstić information content (AvgIpc) is 3.01. The summed E-state index contributed by atoms with van der Waals surface area (Å²) in [6, 6.07) is 14.3. The second kappa shape index (κ2) is 6.52. The Kier molecular flexibility index (Phi) is 4.28. The highest BCUT2D eigenvalue weighted by atomic mass is 16.5. The van der Waals surface area contributed by atoms with E-state index >= 15 is 0 Å². The van der Waals surface area contributed by atoms with Crippen LogP contribution in [0, 0.1) is 0 Å². The fourth-order valence-corrected chi connectivity index (χ4v) is 2.68. The van der Waals surface area contributed by atoms with Crippen LogP contribution in [-0.2, 0) is 4.79 Å². The third kappa shape index (κ3) is 3.18. The first-order valence-electron chi connectivity index (χ1n) is 7.54.